The summed E-state index contributed by atoms with van der Waals surface area (Å²) in [6, 6.07) is 0. The Bertz CT molecular complexity index is 1590. The molecule has 0 aromatic rings. The summed E-state index contributed by atoms with van der Waals surface area (Å²) in [5.74, 6) is -2.04. The normalized spacial score (nSPS) is 13.3. The molecule has 0 aliphatic rings. The summed E-state index contributed by atoms with van der Waals surface area (Å²) in [4.78, 5) is 37.5. The highest BCUT2D eigenvalue weighted by atomic mass is 16.7. The van der Waals surface area contributed by atoms with E-state index in [0.717, 1.165) is 83.5 Å². The highest BCUT2D eigenvalue weighted by Gasteiger charge is 2.25. The number of rotatable bonds is 61. The van der Waals surface area contributed by atoms with Gasteiger partial charge in [-0.25, -0.2) is 4.79 Å². The quantitative estimate of drug-likeness (QED) is 0.0211. The highest BCUT2D eigenvalue weighted by Crippen LogP contribution is 2.18. The molecule has 0 rings (SSSR count). The van der Waals surface area contributed by atoms with Crippen LogP contribution in [0.25, 0.3) is 0 Å². The molecule has 2 atom stereocenters. The van der Waals surface area contributed by atoms with Crippen LogP contribution in [0.2, 0.25) is 0 Å². The maximum Gasteiger partial charge on any atom is 0.361 e. The maximum absolute atomic E-state index is 12.9. The van der Waals surface area contributed by atoms with Crippen LogP contribution in [-0.2, 0) is 33.3 Å². The summed E-state index contributed by atoms with van der Waals surface area (Å²) in [7, 11) is 5.96. The number of quaternary nitrogens is 1. The third-order valence-electron chi connectivity index (χ3n) is 14.4. The van der Waals surface area contributed by atoms with Crippen LogP contribution in [-0.4, -0.2) is 87.4 Å². The standard InChI is InChI=1S/C71H125NO8/c1-6-8-10-12-14-16-18-20-22-24-26-28-30-32-33-34-35-36-38-39-41-43-45-47-49-51-53-55-57-59-61-68(73)78-65-67(66-79-71(70(75)76)77-64-63-72(3,4)5)80-69(74)62-60-58-56-54-52-50-48-46-44-42-40-37-31-29-27-25-23-21-19-17-15-13-11-9-7-2/h9,11,15,17,21,23,27,29,37,40,44,46,50,52,67,71H,6-8,10,12-14,16,18-20,22,24-26,28,30-36,38-39,41-43,45,47-49,51,53-66H2,1-5H3/p+1/b11-9-,17-15-,23-21-,29-27-,40-37-,46-44-,52-50-. The SMILES string of the molecule is CC/C=C\C/C=C\C/C=C\C/C=C\C/C=C\C/C=C\C/C=C\CCCCCC(=O)OC(COC(=O)CCCCCCCCCCCCCCCCCCCCCCCCCCCCCCCC)COC(OCC[N+](C)(C)C)C(=O)O. The van der Waals surface area contributed by atoms with Gasteiger partial charge >= 0.3 is 17.9 Å². The minimum atomic E-state index is -1.52. The first-order valence-corrected chi connectivity index (χ1v) is 33.3. The topological polar surface area (TPSA) is 108 Å². The molecule has 462 valence electrons. The smallest absolute Gasteiger partial charge is 0.361 e. The monoisotopic (exact) mass is 1120 g/mol. The van der Waals surface area contributed by atoms with E-state index in [1.54, 1.807) is 0 Å². The first-order chi connectivity index (χ1) is 39.1. The predicted octanol–water partition coefficient (Wildman–Crippen LogP) is 20.3. The third kappa shape index (κ3) is 62.1. The summed E-state index contributed by atoms with van der Waals surface area (Å²) in [6.07, 6.45) is 79.8. The summed E-state index contributed by atoms with van der Waals surface area (Å²) in [6.45, 7) is 4.75. The second-order valence-electron chi connectivity index (χ2n) is 23.4. The van der Waals surface area contributed by atoms with Gasteiger partial charge in [-0.05, 0) is 70.6 Å². The van der Waals surface area contributed by atoms with Crippen LogP contribution in [0.5, 0.6) is 0 Å². The first-order valence-electron chi connectivity index (χ1n) is 33.3. The van der Waals surface area contributed by atoms with E-state index in [1.807, 2.05) is 21.1 Å². The molecule has 0 saturated carbocycles. The van der Waals surface area contributed by atoms with Crippen molar-refractivity contribution in [1.29, 1.82) is 0 Å². The fourth-order valence-electron chi connectivity index (χ4n) is 9.35. The van der Waals surface area contributed by atoms with Gasteiger partial charge in [0.1, 0.15) is 13.2 Å². The number of carboxylic acids is 1. The van der Waals surface area contributed by atoms with Gasteiger partial charge in [0.2, 0.25) is 0 Å². The number of carbonyl (C=O) groups is 3. The van der Waals surface area contributed by atoms with Crippen molar-refractivity contribution in [3.63, 3.8) is 0 Å². The lowest BCUT2D eigenvalue weighted by molar-refractivity contribution is -0.870. The Balaban J connectivity index is 4.18. The summed E-state index contributed by atoms with van der Waals surface area (Å²) in [5.41, 5.74) is 0. The van der Waals surface area contributed by atoms with Crippen molar-refractivity contribution in [3.8, 4) is 0 Å². The Morgan fingerprint density at radius 2 is 0.713 bits per heavy atom. The zero-order valence-electron chi connectivity index (χ0n) is 52.7. The molecule has 0 aromatic carbocycles. The van der Waals surface area contributed by atoms with E-state index in [9.17, 15) is 19.5 Å². The molecule has 9 nitrogen and oxygen atoms in total. The van der Waals surface area contributed by atoms with E-state index in [4.69, 9.17) is 18.9 Å². The first kappa shape index (κ1) is 76.5. The van der Waals surface area contributed by atoms with Gasteiger partial charge in [-0.15, -0.1) is 0 Å². The second kappa shape index (κ2) is 61.5. The summed E-state index contributed by atoms with van der Waals surface area (Å²) in [5, 5.41) is 9.73. The van der Waals surface area contributed by atoms with Crippen LogP contribution >= 0.6 is 0 Å². The van der Waals surface area contributed by atoms with Crippen LogP contribution in [0, 0.1) is 0 Å². The van der Waals surface area contributed by atoms with E-state index in [-0.39, 0.29) is 32.2 Å². The van der Waals surface area contributed by atoms with Crippen LogP contribution in [0.3, 0.4) is 0 Å². The van der Waals surface area contributed by atoms with Crippen LogP contribution < -0.4 is 0 Å². The van der Waals surface area contributed by atoms with Gasteiger partial charge in [-0.1, -0.05) is 292 Å². The number of carbonyl (C=O) groups excluding carboxylic acids is 2. The molecule has 0 spiro atoms. The van der Waals surface area contributed by atoms with Crippen LogP contribution in [0.15, 0.2) is 85.1 Å². The molecule has 0 heterocycles. The number of allylic oxidation sites excluding steroid dienone is 14. The van der Waals surface area contributed by atoms with Gasteiger partial charge in [0.15, 0.2) is 6.10 Å². The fraction of sp³-hybridized carbons (Fsp3) is 0.761. The fourth-order valence-corrected chi connectivity index (χ4v) is 9.35. The lowest BCUT2D eigenvalue weighted by atomic mass is 10.0. The Labute approximate surface area is 493 Å². The van der Waals surface area contributed by atoms with Gasteiger partial charge in [0, 0.05) is 12.8 Å². The average Bonchev–Trinajstić information content (AvgIpc) is 3.43. The van der Waals surface area contributed by atoms with Crippen LogP contribution in [0.4, 0.5) is 0 Å². The Morgan fingerprint density at radius 1 is 0.388 bits per heavy atom. The number of carboxylic acid groups (broad SMARTS) is 1. The molecule has 9 heteroatoms. The van der Waals surface area contributed by atoms with Crippen molar-refractivity contribution in [3.05, 3.63) is 85.1 Å². The van der Waals surface area contributed by atoms with Gasteiger partial charge < -0.3 is 28.5 Å². The molecule has 0 aromatic heterocycles. The number of unbranched alkanes of at least 4 members (excludes halogenated alkanes) is 32. The highest BCUT2D eigenvalue weighted by molar-refractivity contribution is 5.71. The van der Waals surface area contributed by atoms with E-state index < -0.39 is 24.3 Å². The number of hydrogen-bond acceptors (Lipinski definition) is 7. The van der Waals surface area contributed by atoms with E-state index in [2.05, 4.69) is 98.9 Å². The lowest BCUT2D eigenvalue weighted by Crippen LogP contribution is -2.40. The molecular weight excluding hydrogens is 995 g/mol. The Morgan fingerprint density at radius 3 is 1.06 bits per heavy atom. The molecule has 0 saturated heterocycles. The molecule has 0 bridgehead atoms. The van der Waals surface area contributed by atoms with Gasteiger partial charge in [0.25, 0.3) is 6.29 Å². The zero-order valence-corrected chi connectivity index (χ0v) is 52.7. The van der Waals surface area contributed by atoms with Crippen molar-refractivity contribution in [2.45, 2.75) is 302 Å². The largest absolute Gasteiger partial charge is 0.477 e. The number of hydrogen-bond donors (Lipinski definition) is 1. The van der Waals surface area contributed by atoms with Crippen molar-refractivity contribution in [2.24, 2.45) is 0 Å². The number of nitrogens with zero attached hydrogens (tertiary/aromatic N) is 1. The number of esters is 2. The van der Waals surface area contributed by atoms with E-state index in [0.29, 0.717) is 23.9 Å². The van der Waals surface area contributed by atoms with Gasteiger partial charge in [-0.3, -0.25) is 9.59 Å². The van der Waals surface area contributed by atoms with Crippen molar-refractivity contribution < 1.29 is 42.9 Å². The molecule has 0 fully saturated rings. The minimum Gasteiger partial charge on any atom is -0.477 e. The third-order valence-corrected chi connectivity index (χ3v) is 14.4. The molecule has 2 unspecified atom stereocenters. The van der Waals surface area contributed by atoms with Gasteiger partial charge in [0.05, 0.1) is 34.4 Å². The number of likely N-dealkylation sites (N-methyl/N-ethyl adjacent to an activating group) is 1. The second-order valence-corrected chi connectivity index (χ2v) is 23.4. The van der Waals surface area contributed by atoms with Crippen molar-refractivity contribution >= 4 is 17.9 Å². The lowest BCUT2D eigenvalue weighted by Gasteiger charge is -2.25. The van der Waals surface area contributed by atoms with Gasteiger partial charge in [-0.2, -0.15) is 0 Å². The molecular formula is C71H126NO8+. The average molecular weight is 1120 g/mol. The van der Waals surface area contributed by atoms with Crippen LogP contribution in [0.1, 0.15) is 290 Å². The summed E-state index contributed by atoms with van der Waals surface area (Å²) < 4.78 is 22.9. The van der Waals surface area contributed by atoms with Crippen molar-refractivity contribution in [2.75, 3.05) is 47.5 Å². The molecule has 1 N–H and O–H groups in total. The minimum absolute atomic E-state index is 0.178. The number of ether oxygens (including phenoxy) is 4. The Kier molecular flexibility index (Phi) is 58.8. The number of aliphatic carboxylic acids is 1. The Hall–Kier alpha value is -3.53. The molecule has 0 aliphatic heterocycles. The summed E-state index contributed by atoms with van der Waals surface area (Å²) >= 11 is 0. The zero-order chi connectivity index (χ0) is 58.3. The molecule has 0 aliphatic carbocycles. The predicted molar refractivity (Wildman–Crippen MR) is 341 cm³/mol. The molecule has 80 heavy (non-hydrogen) atoms. The molecule has 0 amide bonds. The van der Waals surface area contributed by atoms with E-state index >= 15 is 0 Å². The van der Waals surface area contributed by atoms with Crippen molar-refractivity contribution in [1.82, 2.24) is 0 Å². The maximum atomic E-state index is 12.9. The molecule has 0 radical (unpaired) electrons. The van der Waals surface area contributed by atoms with E-state index in [1.165, 1.54) is 173 Å².